The zero-order valence-corrected chi connectivity index (χ0v) is 14.1. The van der Waals surface area contributed by atoms with Crippen molar-refractivity contribution in [3.05, 3.63) is 53.1 Å². The molecule has 0 aliphatic heterocycles. The highest BCUT2D eigenvalue weighted by molar-refractivity contribution is 6.30. The van der Waals surface area contributed by atoms with Gasteiger partial charge in [-0.2, -0.15) is 0 Å². The molecule has 0 fully saturated rings. The van der Waals surface area contributed by atoms with E-state index in [9.17, 15) is 4.79 Å². The molecule has 0 atom stereocenters. The number of anilines is 2. The van der Waals surface area contributed by atoms with Gasteiger partial charge < -0.3 is 15.4 Å². The summed E-state index contributed by atoms with van der Waals surface area (Å²) in [6.45, 7) is 5.10. The van der Waals surface area contributed by atoms with Crippen LogP contribution >= 0.6 is 11.6 Å². The first-order chi connectivity index (χ1) is 11.1. The van der Waals surface area contributed by atoms with Crippen LogP contribution in [-0.2, 0) is 4.79 Å². The maximum Gasteiger partial charge on any atom is 0.226 e. The van der Waals surface area contributed by atoms with E-state index in [0.29, 0.717) is 24.6 Å². The molecule has 0 unspecified atom stereocenters. The Labute approximate surface area is 141 Å². The van der Waals surface area contributed by atoms with Crippen LogP contribution in [0.2, 0.25) is 5.02 Å². The number of ether oxygens (including phenoxy) is 1. The third kappa shape index (κ3) is 5.49. The lowest BCUT2D eigenvalue weighted by molar-refractivity contribution is -0.115. The Morgan fingerprint density at radius 1 is 1.17 bits per heavy atom. The summed E-state index contributed by atoms with van der Waals surface area (Å²) in [6, 6.07) is 13.0. The molecule has 0 aliphatic carbocycles. The fraction of sp³-hybridized carbons (Fsp3) is 0.278. The number of rotatable bonds is 7. The number of halogens is 1. The fourth-order valence-electron chi connectivity index (χ4n) is 2.12. The van der Waals surface area contributed by atoms with Gasteiger partial charge in [0, 0.05) is 29.4 Å². The molecule has 0 spiro atoms. The van der Waals surface area contributed by atoms with Crippen LogP contribution in [0.1, 0.15) is 18.9 Å². The highest BCUT2D eigenvalue weighted by Crippen LogP contribution is 2.20. The maximum atomic E-state index is 12.0. The third-order valence-corrected chi connectivity index (χ3v) is 3.55. The molecule has 1 amide bonds. The van der Waals surface area contributed by atoms with E-state index < -0.39 is 0 Å². The molecule has 0 radical (unpaired) electrons. The van der Waals surface area contributed by atoms with Crippen LogP contribution in [0.25, 0.3) is 0 Å². The monoisotopic (exact) mass is 332 g/mol. The van der Waals surface area contributed by atoms with Crippen LogP contribution in [0.15, 0.2) is 42.5 Å². The van der Waals surface area contributed by atoms with E-state index in [1.54, 1.807) is 0 Å². The number of aryl methyl sites for hydroxylation is 1. The summed E-state index contributed by atoms with van der Waals surface area (Å²) in [7, 11) is 0. The summed E-state index contributed by atoms with van der Waals surface area (Å²) in [5.74, 6) is 0.755. The number of carbonyl (C=O) groups excluding carboxylic acids is 1. The molecule has 0 heterocycles. The quantitative estimate of drug-likeness (QED) is 0.785. The summed E-state index contributed by atoms with van der Waals surface area (Å²) >= 11 is 5.97. The zero-order valence-electron chi connectivity index (χ0n) is 13.4. The summed E-state index contributed by atoms with van der Waals surface area (Å²) in [5, 5.41) is 6.77. The molecule has 2 N–H and O–H groups in total. The Bertz CT molecular complexity index is 657. The lowest BCUT2D eigenvalue weighted by Gasteiger charge is -2.10. The molecule has 2 rings (SSSR count). The number of benzene rings is 2. The average molecular weight is 333 g/mol. The van der Waals surface area contributed by atoms with Crippen LogP contribution in [0.5, 0.6) is 5.75 Å². The molecule has 122 valence electrons. The minimum absolute atomic E-state index is 0.0404. The van der Waals surface area contributed by atoms with Crippen molar-refractivity contribution < 1.29 is 9.53 Å². The highest BCUT2D eigenvalue weighted by atomic mass is 35.5. The van der Waals surface area contributed by atoms with Crippen molar-refractivity contribution >= 4 is 28.9 Å². The Morgan fingerprint density at radius 3 is 2.61 bits per heavy atom. The minimum Gasteiger partial charge on any atom is -0.494 e. The first kappa shape index (κ1) is 17.2. The second kappa shape index (κ2) is 8.44. The molecule has 0 aromatic heterocycles. The molecule has 0 bridgehead atoms. The summed E-state index contributed by atoms with van der Waals surface area (Å²) in [5.41, 5.74) is 2.81. The van der Waals surface area contributed by atoms with Gasteiger partial charge in [0.15, 0.2) is 0 Å². The second-order valence-corrected chi connectivity index (χ2v) is 5.58. The molecule has 0 saturated carbocycles. The number of carbonyl (C=O) groups is 1. The fourth-order valence-corrected chi connectivity index (χ4v) is 2.29. The van der Waals surface area contributed by atoms with E-state index in [-0.39, 0.29) is 5.91 Å². The molecule has 0 aliphatic rings. The topological polar surface area (TPSA) is 50.4 Å². The Balaban J connectivity index is 1.79. The van der Waals surface area contributed by atoms with Crippen LogP contribution in [0, 0.1) is 6.92 Å². The van der Waals surface area contributed by atoms with E-state index >= 15 is 0 Å². The molecular formula is C18H21ClN2O2. The number of amides is 1. The molecule has 2 aromatic rings. The van der Waals surface area contributed by atoms with E-state index in [0.717, 1.165) is 22.7 Å². The lowest BCUT2D eigenvalue weighted by Crippen LogP contribution is -2.16. The van der Waals surface area contributed by atoms with Gasteiger partial charge >= 0.3 is 0 Å². The van der Waals surface area contributed by atoms with E-state index in [1.165, 1.54) is 0 Å². The molecule has 4 nitrogen and oxygen atoms in total. The lowest BCUT2D eigenvalue weighted by atomic mass is 10.2. The van der Waals surface area contributed by atoms with Gasteiger partial charge in [0.05, 0.1) is 6.61 Å². The number of hydrogen-bond donors (Lipinski definition) is 2. The normalized spacial score (nSPS) is 10.2. The van der Waals surface area contributed by atoms with Gasteiger partial charge in [-0.15, -0.1) is 0 Å². The van der Waals surface area contributed by atoms with Crippen LogP contribution in [0.3, 0.4) is 0 Å². The van der Waals surface area contributed by atoms with Crippen molar-refractivity contribution in [3.63, 3.8) is 0 Å². The van der Waals surface area contributed by atoms with Crippen molar-refractivity contribution in [2.24, 2.45) is 0 Å². The minimum atomic E-state index is -0.0404. The first-order valence-electron chi connectivity index (χ1n) is 7.61. The predicted octanol–water partition coefficient (Wildman–Crippen LogP) is 4.49. The molecule has 23 heavy (non-hydrogen) atoms. The molecule has 0 saturated heterocycles. The van der Waals surface area contributed by atoms with Crippen molar-refractivity contribution in [2.75, 3.05) is 23.8 Å². The molecule has 5 heteroatoms. The Kier molecular flexibility index (Phi) is 6.29. The summed E-state index contributed by atoms with van der Waals surface area (Å²) < 4.78 is 5.37. The van der Waals surface area contributed by atoms with Gasteiger partial charge in [0.2, 0.25) is 5.91 Å². The third-order valence-electron chi connectivity index (χ3n) is 3.32. The average Bonchev–Trinajstić information content (AvgIpc) is 2.53. The Morgan fingerprint density at radius 2 is 1.91 bits per heavy atom. The van der Waals surface area contributed by atoms with Gasteiger partial charge in [-0.05, 0) is 55.8 Å². The summed E-state index contributed by atoms with van der Waals surface area (Å²) in [6.07, 6.45) is 0.374. The van der Waals surface area contributed by atoms with Gasteiger partial charge in [-0.25, -0.2) is 0 Å². The maximum absolute atomic E-state index is 12.0. The summed E-state index contributed by atoms with van der Waals surface area (Å²) in [4.78, 5) is 12.0. The van der Waals surface area contributed by atoms with Crippen molar-refractivity contribution in [3.8, 4) is 5.75 Å². The van der Waals surface area contributed by atoms with Crippen LogP contribution < -0.4 is 15.4 Å². The molecular weight excluding hydrogens is 312 g/mol. The zero-order chi connectivity index (χ0) is 16.7. The van der Waals surface area contributed by atoms with Gasteiger partial charge in [-0.1, -0.05) is 17.7 Å². The van der Waals surface area contributed by atoms with E-state index in [4.69, 9.17) is 16.3 Å². The smallest absolute Gasteiger partial charge is 0.226 e. The van der Waals surface area contributed by atoms with Gasteiger partial charge in [-0.3, -0.25) is 4.79 Å². The number of hydrogen-bond acceptors (Lipinski definition) is 3. The van der Waals surface area contributed by atoms with Crippen LogP contribution in [-0.4, -0.2) is 19.1 Å². The Hall–Kier alpha value is -2.20. The molecule has 2 aromatic carbocycles. The first-order valence-corrected chi connectivity index (χ1v) is 7.99. The van der Waals surface area contributed by atoms with E-state index in [2.05, 4.69) is 10.6 Å². The van der Waals surface area contributed by atoms with Crippen molar-refractivity contribution in [1.29, 1.82) is 0 Å². The number of nitrogens with one attached hydrogen (secondary N) is 2. The van der Waals surface area contributed by atoms with Crippen molar-refractivity contribution in [2.45, 2.75) is 20.3 Å². The second-order valence-electron chi connectivity index (χ2n) is 5.14. The predicted molar refractivity (Wildman–Crippen MR) is 95.5 cm³/mol. The highest BCUT2D eigenvalue weighted by Gasteiger charge is 2.04. The van der Waals surface area contributed by atoms with Gasteiger partial charge in [0.1, 0.15) is 5.75 Å². The van der Waals surface area contributed by atoms with Crippen molar-refractivity contribution in [1.82, 2.24) is 0 Å². The van der Waals surface area contributed by atoms with Crippen LogP contribution in [0.4, 0.5) is 11.4 Å². The van der Waals surface area contributed by atoms with E-state index in [1.807, 2.05) is 56.3 Å². The largest absolute Gasteiger partial charge is 0.494 e. The SMILES string of the molecule is CCOc1ccc(NC(=O)CCNc2cc(Cl)ccc2C)cc1. The van der Waals surface area contributed by atoms with Gasteiger partial charge in [0.25, 0.3) is 0 Å². The standard InChI is InChI=1S/C18H21ClN2O2/c1-3-23-16-8-6-15(7-9-16)21-18(22)10-11-20-17-12-14(19)5-4-13(17)2/h4-9,12,20H,3,10-11H2,1-2H3,(H,21,22).